The maximum absolute atomic E-state index is 13.6. The van der Waals surface area contributed by atoms with Crippen molar-refractivity contribution in [3.8, 4) is 11.3 Å². The van der Waals surface area contributed by atoms with E-state index >= 15 is 0 Å². The van der Waals surface area contributed by atoms with Gasteiger partial charge in [0.25, 0.3) is 0 Å². The number of hydrogen-bond acceptors (Lipinski definition) is 8. The molecule has 0 aliphatic carbocycles. The number of ether oxygens (including phenoxy) is 1. The normalized spacial score (nSPS) is 24.7. The lowest BCUT2D eigenvalue weighted by atomic mass is 9.95. The van der Waals surface area contributed by atoms with Crippen LogP contribution in [0.2, 0.25) is 0 Å². The van der Waals surface area contributed by atoms with E-state index in [1.165, 1.54) is 37.7 Å². The van der Waals surface area contributed by atoms with Crippen LogP contribution >= 0.6 is 0 Å². The zero-order valence-electron chi connectivity index (χ0n) is 22.0. The average Bonchev–Trinajstić information content (AvgIpc) is 3.47. The molecule has 1 unspecified atom stereocenters. The van der Waals surface area contributed by atoms with Crippen molar-refractivity contribution in [2.75, 3.05) is 18.4 Å². The summed E-state index contributed by atoms with van der Waals surface area (Å²) in [6.07, 6.45) is 1.31. The number of anilines is 2. The van der Waals surface area contributed by atoms with Crippen LogP contribution in [0.5, 0.6) is 0 Å². The molecule has 0 amide bonds. The van der Waals surface area contributed by atoms with Crippen LogP contribution < -0.4 is 5.32 Å². The van der Waals surface area contributed by atoms with Crippen molar-refractivity contribution in [2.24, 2.45) is 0 Å². The number of nitrogens with one attached hydrogen (secondary N) is 1. The van der Waals surface area contributed by atoms with Gasteiger partial charge in [-0.3, -0.25) is 4.90 Å². The third kappa shape index (κ3) is 4.78. The molecule has 4 heterocycles. The molecule has 0 saturated carbocycles. The molecule has 9 nitrogen and oxygen atoms in total. The van der Waals surface area contributed by atoms with Crippen molar-refractivity contribution in [2.45, 2.75) is 63.7 Å². The number of aromatic nitrogens is 4. The topological polar surface area (TPSA) is 109 Å². The minimum absolute atomic E-state index is 0.162. The molecule has 2 saturated heterocycles. The maximum Gasteiger partial charge on any atom is 0.181 e. The highest BCUT2D eigenvalue weighted by molar-refractivity contribution is 6.00. The lowest BCUT2D eigenvalue weighted by Gasteiger charge is -2.33. The second-order valence-corrected chi connectivity index (χ2v) is 10.4. The molecular weight excluding hydrogens is 499 g/mol. The SMILES string of the molecule is CC(c1ccccc1-c1nn([C@@H]2O[C@H](C)[C@@H](O)[C@H]2O)c2ncnc(Nc3ccc(F)cc3)c12)N1CCCCC1. The lowest BCUT2D eigenvalue weighted by Crippen LogP contribution is -2.32. The van der Waals surface area contributed by atoms with Gasteiger partial charge in [-0.2, -0.15) is 5.10 Å². The number of fused-ring (bicyclic) bond motifs is 1. The van der Waals surface area contributed by atoms with Crippen LogP contribution in [-0.4, -0.2) is 66.3 Å². The summed E-state index contributed by atoms with van der Waals surface area (Å²) in [5.74, 6) is 0.164. The average molecular weight is 533 g/mol. The Bertz CT molecular complexity index is 1460. The van der Waals surface area contributed by atoms with Gasteiger partial charge in [0.1, 0.15) is 35.9 Å². The van der Waals surface area contributed by atoms with Crippen LogP contribution in [0.15, 0.2) is 54.9 Å². The van der Waals surface area contributed by atoms with Crippen LogP contribution in [0.4, 0.5) is 15.9 Å². The Morgan fingerprint density at radius 2 is 1.74 bits per heavy atom. The number of aliphatic hydroxyl groups is 2. The van der Waals surface area contributed by atoms with Crippen LogP contribution in [0.1, 0.15) is 50.9 Å². The van der Waals surface area contributed by atoms with Gasteiger partial charge in [0.2, 0.25) is 0 Å². The van der Waals surface area contributed by atoms with Gasteiger partial charge < -0.3 is 20.3 Å². The van der Waals surface area contributed by atoms with E-state index in [0.29, 0.717) is 28.2 Å². The predicted molar refractivity (Wildman–Crippen MR) is 146 cm³/mol. The molecule has 0 radical (unpaired) electrons. The van der Waals surface area contributed by atoms with Crippen molar-refractivity contribution in [1.82, 2.24) is 24.6 Å². The van der Waals surface area contributed by atoms with Gasteiger partial charge in [-0.05, 0) is 69.6 Å². The smallest absolute Gasteiger partial charge is 0.181 e. The van der Waals surface area contributed by atoms with Gasteiger partial charge >= 0.3 is 0 Å². The summed E-state index contributed by atoms with van der Waals surface area (Å²) in [5.41, 5.74) is 3.81. The zero-order chi connectivity index (χ0) is 27.1. The highest BCUT2D eigenvalue weighted by Crippen LogP contribution is 2.40. The first-order chi connectivity index (χ1) is 18.9. The van der Waals surface area contributed by atoms with Gasteiger partial charge in [0.05, 0.1) is 11.5 Å². The first kappa shape index (κ1) is 25.8. The number of benzene rings is 2. The van der Waals surface area contributed by atoms with E-state index in [-0.39, 0.29) is 11.9 Å². The highest BCUT2D eigenvalue weighted by atomic mass is 19.1. The number of likely N-dealkylation sites (tertiary alicyclic amines) is 1. The van der Waals surface area contributed by atoms with Crippen LogP contribution in [0.25, 0.3) is 22.3 Å². The van der Waals surface area contributed by atoms with Crippen molar-refractivity contribution in [1.29, 1.82) is 0 Å². The maximum atomic E-state index is 13.6. The van der Waals surface area contributed by atoms with E-state index in [0.717, 1.165) is 24.2 Å². The standard InChI is InChI=1S/C29H33FN6O3/c1-17(35-14-6-3-7-15-35)21-8-4-5-9-22(21)24-23-27(33-20-12-10-19(30)11-13-20)31-16-32-28(23)36(34-24)29-26(38)25(37)18(2)39-29/h4-5,8-13,16-18,25-26,29,37-38H,3,6-7,14-15H2,1-2H3,(H,31,32,33)/t17?,18-,25-,26-,29-/m1/s1. The van der Waals surface area contributed by atoms with E-state index in [1.807, 2.05) is 18.2 Å². The Labute approximate surface area is 226 Å². The van der Waals surface area contributed by atoms with Gasteiger partial charge in [0.15, 0.2) is 11.9 Å². The number of aliphatic hydroxyl groups excluding tert-OH is 2. The number of halogens is 1. The molecule has 10 heteroatoms. The molecule has 6 rings (SSSR count). The van der Waals surface area contributed by atoms with Gasteiger partial charge in [-0.25, -0.2) is 19.0 Å². The fourth-order valence-electron chi connectivity index (χ4n) is 5.71. The van der Waals surface area contributed by atoms with Gasteiger partial charge in [0, 0.05) is 17.3 Å². The van der Waals surface area contributed by atoms with E-state index in [4.69, 9.17) is 9.84 Å². The molecule has 2 aromatic heterocycles. The molecule has 0 bridgehead atoms. The molecule has 4 aromatic rings. The molecule has 3 N–H and O–H groups in total. The Morgan fingerprint density at radius 1 is 1.00 bits per heavy atom. The molecular formula is C29H33FN6O3. The van der Waals surface area contributed by atoms with Crippen molar-refractivity contribution in [3.63, 3.8) is 0 Å². The summed E-state index contributed by atoms with van der Waals surface area (Å²) < 4.78 is 21.1. The first-order valence-electron chi connectivity index (χ1n) is 13.5. The predicted octanol–water partition coefficient (Wildman–Crippen LogP) is 4.56. The number of nitrogens with zero attached hydrogens (tertiary/aromatic N) is 5. The van der Waals surface area contributed by atoms with Gasteiger partial charge in [-0.15, -0.1) is 0 Å². The van der Waals surface area contributed by atoms with Crippen LogP contribution in [0, 0.1) is 5.82 Å². The highest BCUT2D eigenvalue weighted by Gasteiger charge is 2.43. The molecule has 5 atom stereocenters. The molecule has 204 valence electrons. The first-order valence-corrected chi connectivity index (χ1v) is 13.5. The summed E-state index contributed by atoms with van der Waals surface area (Å²) in [6.45, 7) is 6.03. The quantitative estimate of drug-likeness (QED) is 0.332. The minimum Gasteiger partial charge on any atom is -0.388 e. The largest absolute Gasteiger partial charge is 0.388 e. The minimum atomic E-state index is -1.18. The van der Waals surface area contributed by atoms with Crippen molar-refractivity contribution >= 4 is 22.5 Å². The van der Waals surface area contributed by atoms with E-state index in [9.17, 15) is 14.6 Å². The molecule has 2 aromatic carbocycles. The van der Waals surface area contributed by atoms with Crippen LogP contribution in [-0.2, 0) is 4.74 Å². The Hall–Kier alpha value is -3.44. The van der Waals surface area contributed by atoms with E-state index < -0.39 is 24.5 Å². The fourth-order valence-corrected chi connectivity index (χ4v) is 5.71. The summed E-state index contributed by atoms with van der Waals surface area (Å²) in [7, 11) is 0. The van der Waals surface area contributed by atoms with Gasteiger partial charge in [-0.1, -0.05) is 30.7 Å². The third-order valence-corrected chi connectivity index (χ3v) is 7.92. The molecule has 39 heavy (non-hydrogen) atoms. The van der Waals surface area contributed by atoms with E-state index in [2.05, 4.69) is 33.2 Å². The number of piperidine rings is 1. The summed E-state index contributed by atoms with van der Waals surface area (Å²) in [4.78, 5) is 11.6. The monoisotopic (exact) mass is 532 g/mol. The summed E-state index contributed by atoms with van der Waals surface area (Å²) in [5, 5.41) is 30.2. The van der Waals surface area contributed by atoms with Crippen molar-refractivity contribution < 1.29 is 19.3 Å². The molecule has 2 aliphatic rings. The summed E-state index contributed by atoms with van der Waals surface area (Å²) in [6, 6.07) is 14.4. The van der Waals surface area contributed by atoms with E-state index in [1.54, 1.807) is 23.7 Å². The third-order valence-electron chi connectivity index (χ3n) is 7.92. The Kier molecular flexibility index (Phi) is 7.03. The zero-order valence-corrected chi connectivity index (χ0v) is 22.0. The Balaban J connectivity index is 1.52. The number of hydrogen-bond donors (Lipinski definition) is 3. The lowest BCUT2D eigenvalue weighted by molar-refractivity contribution is -0.0370. The van der Waals surface area contributed by atoms with Crippen molar-refractivity contribution in [3.05, 3.63) is 66.2 Å². The van der Waals surface area contributed by atoms with Crippen LogP contribution in [0.3, 0.4) is 0 Å². The summed E-state index contributed by atoms with van der Waals surface area (Å²) >= 11 is 0. The molecule has 0 spiro atoms. The molecule has 2 fully saturated rings. The second-order valence-electron chi connectivity index (χ2n) is 10.4. The molecule has 2 aliphatic heterocycles. The second kappa shape index (κ2) is 10.6. The number of rotatable bonds is 6. The fraction of sp³-hybridized carbons (Fsp3) is 0.414. The Morgan fingerprint density at radius 3 is 2.46 bits per heavy atom.